The fraction of sp³-hybridized carbons (Fsp3) is 1.00. The van der Waals surface area contributed by atoms with Crippen LogP contribution in [0, 0.1) is 0 Å². The molecule has 0 aliphatic rings. The Bertz CT molecular complexity index is 370. The number of nitrogens with two attached hydrogens (primary N) is 1. The maximum absolute atomic E-state index is 11.1. The first kappa shape index (κ1) is 13.9. The van der Waals surface area contributed by atoms with E-state index in [2.05, 4.69) is 0 Å². The summed E-state index contributed by atoms with van der Waals surface area (Å²) < 4.78 is 43.7. The van der Waals surface area contributed by atoms with Crippen molar-refractivity contribution in [2.45, 2.75) is 24.6 Å². The standard InChI is InChI=1S/C7H17NO4S2/c1-6(14(3,11)12)7(8)4-5-13(2,9)10/h6-7H,4-5,8H2,1-3H3. The Balaban J connectivity index is 4.31. The molecule has 0 aromatic rings. The predicted molar refractivity (Wildman–Crippen MR) is 56.6 cm³/mol. The summed E-state index contributed by atoms with van der Waals surface area (Å²) in [6.07, 6.45) is 2.37. The van der Waals surface area contributed by atoms with Crippen molar-refractivity contribution in [3.05, 3.63) is 0 Å². The molecule has 0 aliphatic heterocycles. The molecule has 7 heteroatoms. The van der Waals surface area contributed by atoms with Gasteiger partial charge in [0, 0.05) is 18.6 Å². The zero-order valence-electron chi connectivity index (χ0n) is 8.60. The van der Waals surface area contributed by atoms with E-state index in [1.807, 2.05) is 0 Å². The quantitative estimate of drug-likeness (QED) is 0.681. The van der Waals surface area contributed by atoms with E-state index in [-0.39, 0.29) is 12.2 Å². The van der Waals surface area contributed by atoms with Gasteiger partial charge < -0.3 is 5.73 Å². The fourth-order valence-corrected chi connectivity index (χ4v) is 2.37. The van der Waals surface area contributed by atoms with Crippen LogP contribution in [0.1, 0.15) is 13.3 Å². The topological polar surface area (TPSA) is 94.3 Å². The highest BCUT2D eigenvalue weighted by atomic mass is 32.2. The molecule has 0 radical (unpaired) electrons. The van der Waals surface area contributed by atoms with Gasteiger partial charge in [0.2, 0.25) is 0 Å². The third-order valence-electron chi connectivity index (χ3n) is 2.10. The molecule has 86 valence electrons. The molecule has 5 nitrogen and oxygen atoms in total. The molecule has 0 amide bonds. The van der Waals surface area contributed by atoms with Crippen LogP contribution in [0.3, 0.4) is 0 Å². The second-order valence-electron chi connectivity index (χ2n) is 3.62. The van der Waals surface area contributed by atoms with E-state index in [4.69, 9.17) is 5.73 Å². The largest absolute Gasteiger partial charge is 0.327 e. The van der Waals surface area contributed by atoms with Gasteiger partial charge >= 0.3 is 0 Å². The molecule has 2 unspecified atom stereocenters. The zero-order valence-corrected chi connectivity index (χ0v) is 10.2. The summed E-state index contributed by atoms with van der Waals surface area (Å²) in [5.74, 6) is -0.0754. The Labute approximate surface area is 85.5 Å². The van der Waals surface area contributed by atoms with E-state index in [1.165, 1.54) is 6.92 Å². The van der Waals surface area contributed by atoms with Gasteiger partial charge in [-0.3, -0.25) is 0 Å². The van der Waals surface area contributed by atoms with Gasteiger partial charge in [0.1, 0.15) is 9.84 Å². The number of hydrogen-bond donors (Lipinski definition) is 1. The van der Waals surface area contributed by atoms with Crippen LogP contribution in [0.2, 0.25) is 0 Å². The predicted octanol–water partition coefficient (Wildman–Crippen LogP) is -0.818. The lowest BCUT2D eigenvalue weighted by Gasteiger charge is -2.17. The normalized spacial score (nSPS) is 17.7. The molecule has 0 heterocycles. The molecule has 0 rings (SSSR count). The first-order valence-electron chi connectivity index (χ1n) is 4.16. The molecular weight excluding hydrogens is 226 g/mol. The maximum Gasteiger partial charge on any atom is 0.151 e. The molecule has 0 saturated heterocycles. The monoisotopic (exact) mass is 243 g/mol. The third kappa shape index (κ3) is 5.56. The van der Waals surface area contributed by atoms with E-state index >= 15 is 0 Å². The SMILES string of the molecule is CC(C(N)CCS(C)(=O)=O)S(C)(=O)=O. The molecule has 2 N–H and O–H groups in total. The van der Waals surface area contributed by atoms with Crippen molar-refractivity contribution in [2.75, 3.05) is 18.3 Å². The van der Waals surface area contributed by atoms with Gasteiger partial charge in [-0.25, -0.2) is 16.8 Å². The first-order chi connectivity index (χ1) is 6.04. The summed E-state index contributed by atoms with van der Waals surface area (Å²) in [5.41, 5.74) is 5.57. The van der Waals surface area contributed by atoms with E-state index in [0.29, 0.717) is 0 Å². The molecule has 0 bridgehead atoms. The lowest BCUT2D eigenvalue weighted by Crippen LogP contribution is -2.39. The lowest BCUT2D eigenvalue weighted by molar-refractivity contribution is 0.551. The van der Waals surface area contributed by atoms with E-state index < -0.39 is 31.0 Å². The Morgan fingerprint density at radius 3 is 1.86 bits per heavy atom. The van der Waals surface area contributed by atoms with Crippen LogP contribution in [-0.4, -0.2) is 46.4 Å². The molecule has 0 aromatic carbocycles. The number of hydrogen-bond acceptors (Lipinski definition) is 5. The zero-order chi connectivity index (χ0) is 11.6. The highest BCUT2D eigenvalue weighted by molar-refractivity contribution is 7.91. The lowest BCUT2D eigenvalue weighted by atomic mass is 10.2. The van der Waals surface area contributed by atoms with Gasteiger partial charge in [0.25, 0.3) is 0 Å². The van der Waals surface area contributed by atoms with Crippen LogP contribution in [0.5, 0.6) is 0 Å². The van der Waals surface area contributed by atoms with Crippen molar-refractivity contribution in [1.82, 2.24) is 0 Å². The Hall–Kier alpha value is -0.140. The minimum absolute atomic E-state index is 0.0754. The molecular formula is C7H17NO4S2. The molecule has 0 aromatic heterocycles. The van der Waals surface area contributed by atoms with Gasteiger partial charge in [-0.05, 0) is 13.3 Å². The first-order valence-corrected chi connectivity index (χ1v) is 8.17. The molecule has 0 spiro atoms. The van der Waals surface area contributed by atoms with Crippen LogP contribution < -0.4 is 5.73 Å². The summed E-state index contributed by atoms with van der Waals surface area (Å²) in [7, 11) is -6.26. The molecule has 0 saturated carbocycles. The third-order valence-corrected chi connectivity index (χ3v) is 4.78. The second kappa shape index (κ2) is 4.59. The summed E-state index contributed by atoms with van der Waals surface area (Å²) in [5, 5.41) is -0.704. The van der Waals surface area contributed by atoms with Gasteiger partial charge in [-0.15, -0.1) is 0 Å². The van der Waals surface area contributed by atoms with Crippen molar-refractivity contribution >= 4 is 19.7 Å². The molecule has 0 aliphatic carbocycles. The van der Waals surface area contributed by atoms with Crippen LogP contribution in [0.25, 0.3) is 0 Å². The summed E-state index contributed by atoms with van der Waals surface area (Å²) >= 11 is 0. The minimum Gasteiger partial charge on any atom is -0.327 e. The summed E-state index contributed by atoms with van der Waals surface area (Å²) in [6, 6.07) is -0.625. The molecule has 14 heavy (non-hydrogen) atoms. The van der Waals surface area contributed by atoms with Crippen molar-refractivity contribution in [3.63, 3.8) is 0 Å². The van der Waals surface area contributed by atoms with Gasteiger partial charge in [0.05, 0.1) is 11.0 Å². The van der Waals surface area contributed by atoms with Crippen LogP contribution in [0.15, 0.2) is 0 Å². The Morgan fingerprint density at radius 2 is 1.57 bits per heavy atom. The maximum atomic E-state index is 11.1. The van der Waals surface area contributed by atoms with Crippen LogP contribution >= 0.6 is 0 Å². The van der Waals surface area contributed by atoms with Gasteiger partial charge in [-0.1, -0.05) is 0 Å². The number of sulfone groups is 2. The Kier molecular flexibility index (Phi) is 4.54. The van der Waals surface area contributed by atoms with Crippen LogP contribution in [0.4, 0.5) is 0 Å². The van der Waals surface area contributed by atoms with Gasteiger partial charge in [0.15, 0.2) is 9.84 Å². The van der Waals surface area contributed by atoms with Crippen molar-refractivity contribution in [1.29, 1.82) is 0 Å². The molecule has 0 fully saturated rings. The average molecular weight is 243 g/mol. The van der Waals surface area contributed by atoms with E-state index in [9.17, 15) is 16.8 Å². The second-order valence-corrected chi connectivity index (χ2v) is 8.28. The summed E-state index contributed by atoms with van der Waals surface area (Å²) in [6.45, 7) is 1.49. The van der Waals surface area contributed by atoms with Crippen LogP contribution in [-0.2, 0) is 19.7 Å². The van der Waals surface area contributed by atoms with Crippen molar-refractivity contribution < 1.29 is 16.8 Å². The van der Waals surface area contributed by atoms with E-state index in [1.54, 1.807) is 0 Å². The summed E-state index contributed by atoms with van der Waals surface area (Å²) in [4.78, 5) is 0. The van der Waals surface area contributed by atoms with Crippen molar-refractivity contribution in [2.24, 2.45) is 5.73 Å². The number of rotatable bonds is 5. The molecule has 2 atom stereocenters. The Morgan fingerprint density at radius 1 is 1.14 bits per heavy atom. The van der Waals surface area contributed by atoms with E-state index in [0.717, 1.165) is 12.5 Å². The fourth-order valence-electron chi connectivity index (χ4n) is 0.902. The highest BCUT2D eigenvalue weighted by Crippen LogP contribution is 2.06. The average Bonchev–Trinajstić information content (AvgIpc) is 1.95. The van der Waals surface area contributed by atoms with Crippen molar-refractivity contribution in [3.8, 4) is 0 Å². The highest BCUT2D eigenvalue weighted by Gasteiger charge is 2.23. The van der Waals surface area contributed by atoms with Gasteiger partial charge in [-0.2, -0.15) is 0 Å². The smallest absolute Gasteiger partial charge is 0.151 e. The minimum atomic E-state index is -3.19.